The summed E-state index contributed by atoms with van der Waals surface area (Å²) in [4.78, 5) is 38.3. The molecular weight excluding hydrogens is 260 g/mol. The van der Waals surface area contributed by atoms with Gasteiger partial charge in [-0.15, -0.1) is 0 Å². The van der Waals surface area contributed by atoms with Crippen molar-refractivity contribution >= 4 is 17.8 Å². The predicted octanol–water partition coefficient (Wildman–Crippen LogP) is 0.812. The highest BCUT2D eigenvalue weighted by Gasteiger charge is 2.36. The number of carboxylic acids is 1. The highest BCUT2D eigenvalue weighted by Crippen LogP contribution is 2.21. The van der Waals surface area contributed by atoms with Gasteiger partial charge in [-0.2, -0.15) is 0 Å². The molecule has 1 aliphatic rings. The topological polar surface area (TPSA) is 77.9 Å². The minimum atomic E-state index is -0.928. The van der Waals surface area contributed by atoms with Gasteiger partial charge in [0.15, 0.2) is 0 Å². The highest BCUT2D eigenvalue weighted by atomic mass is 16.4. The Bertz CT molecular complexity index is 395. The predicted molar refractivity (Wildman–Crippen MR) is 74.0 cm³/mol. The number of hydrogen-bond donors (Lipinski definition) is 1. The lowest BCUT2D eigenvalue weighted by atomic mass is 10.0. The van der Waals surface area contributed by atoms with Gasteiger partial charge in [0.2, 0.25) is 11.8 Å². The summed E-state index contributed by atoms with van der Waals surface area (Å²) >= 11 is 0. The van der Waals surface area contributed by atoms with Crippen LogP contribution < -0.4 is 0 Å². The minimum absolute atomic E-state index is 0.00661. The Morgan fingerprint density at radius 2 is 1.95 bits per heavy atom. The van der Waals surface area contributed by atoms with Crippen molar-refractivity contribution in [1.29, 1.82) is 0 Å². The van der Waals surface area contributed by atoms with Crippen molar-refractivity contribution in [2.45, 2.75) is 39.7 Å². The van der Waals surface area contributed by atoms with E-state index >= 15 is 0 Å². The number of nitrogens with zero attached hydrogens (tertiary/aromatic N) is 2. The van der Waals surface area contributed by atoms with E-state index in [1.165, 1.54) is 4.90 Å². The zero-order chi connectivity index (χ0) is 15.4. The van der Waals surface area contributed by atoms with Crippen LogP contribution in [0.3, 0.4) is 0 Å². The monoisotopic (exact) mass is 284 g/mol. The molecule has 6 nitrogen and oxygen atoms in total. The number of amides is 2. The van der Waals surface area contributed by atoms with E-state index in [4.69, 9.17) is 5.11 Å². The molecule has 1 heterocycles. The lowest BCUT2D eigenvalue weighted by Gasteiger charge is -2.33. The van der Waals surface area contributed by atoms with E-state index < -0.39 is 17.9 Å². The van der Waals surface area contributed by atoms with Crippen LogP contribution in [0.4, 0.5) is 0 Å². The van der Waals surface area contributed by atoms with Crippen molar-refractivity contribution in [2.24, 2.45) is 11.8 Å². The average molecular weight is 284 g/mol. The molecule has 2 amide bonds. The summed E-state index contributed by atoms with van der Waals surface area (Å²) in [5, 5.41) is 8.91. The third-order valence-electron chi connectivity index (χ3n) is 3.68. The fourth-order valence-electron chi connectivity index (χ4n) is 2.55. The van der Waals surface area contributed by atoms with Gasteiger partial charge < -0.3 is 14.9 Å². The minimum Gasteiger partial charge on any atom is -0.481 e. The van der Waals surface area contributed by atoms with Crippen LogP contribution in [0.25, 0.3) is 0 Å². The van der Waals surface area contributed by atoms with Crippen molar-refractivity contribution in [3.63, 3.8) is 0 Å². The molecule has 1 saturated heterocycles. The van der Waals surface area contributed by atoms with Crippen LogP contribution in [0.1, 0.15) is 33.6 Å². The van der Waals surface area contributed by atoms with E-state index in [2.05, 4.69) is 0 Å². The first-order chi connectivity index (χ1) is 9.25. The molecule has 0 aliphatic carbocycles. The Morgan fingerprint density at radius 1 is 1.35 bits per heavy atom. The smallest absolute Gasteiger partial charge is 0.308 e. The first-order valence-corrected chi connectivity index (χ1v) is 7.03. The fraction of sp³-hybridized carbons (Fsp3) is 0.786. The molecule has 0 spiro atoms. The van der Waals surface area contributed by atoms with E-state index in [1.807, 2.05) is 13.8 Å². The molecule has 0 aromatic rings. The third kappa shape index (κ3) is 3.71. The molecule has 2 atom stereocenters. The first kappa shape index (κ1) is 16.5. The summed E-state index contributed by atoms with van der Waals surface area (Å²) in [6.07, 6.45) is 1.27. The van der Waals surface area contributed by atoms with E-state index in [1.54, 1.807) is 18.9 Å². The van der Waals surface area contributed by atoms with Crippen LogP contribution in [0.5, 0.6) is 0 Å². The van der Waals surface area contributed by atoms with Gasteiger partial charge in [0.05, 0.1) is 5.92 Å². The van der Waals surface area contributed by atoms with Gasteiger partial charge >= 0.3 is 5.97 Å². The second-order valence-corrected chi connectivity index (χ2v) is 5.84. The molecule has 1 rings (SSSR count). The molecule has 0 aromatic carbocycles. The maximum atomic E-state index is 12.5. The summed E-state index contributed by atoms with van der Waals surface area (Å²) in [7, 11) is 1.59. The van der Waals surface area contributed by atoms with Crippen molar-refractivity contribution in [2.75, 3.05) is 20.1 Å². The maximum absolute atomic E-state index is 12.5. The number of likely N-dealkylation sites (tertiary alicyclic amines) is 1. The Hall–Kier alpha value is -1.59. The Morgan fingerprint density at radius 3 is 2.35 bits per heavy atom. The van der Waals surface area contributed by atoms with Crippen molar-refractivity contribution in [3.05, 3.63) is 0 Å². The molecule has 0 radical (unpaired) electrons. The van der Waals surface area contributed by atoms with E-state index in [0.29, 0.717) is 13.0 Å². The maximum Gasteiger partial charge on any atom is 0.308 e. The van der Waals surface area contributed by atoms with Crippen LogP contribution in [-0.4, -0.2) is 58.9 Å². The van der Waals surface area contributed by atoms with Crippen LogP contribution in [0.15, 0.2) is 0 Å². The summed E-state index contributed by atoms with van der Waals surface area (Å²) in [5.74, 6) is -1.71. The van der Waals surface area contributed by atoms with Gasteiger partial charge in [0.1, 0.15) is 6.04 Å². The van der Waals surface area contributed by atoms with Gasteiger partial charge in [-0.05, 0) is 12.3 Å². The molecule has 0 saturated carbocycles. The zero-order valence-corrected chi connectivity index (χ0v) is 12.6. The van der Waals surface area contributed by atoms with Gasteiger partial charge in [0, 0.05) is 26.6 Å². The molecule has 2 unspecified atom stereocenters. The van der Waals surface area contributed by atoms with Crippen LogP contribution >= 0.6 is 0 Å². The Kier molecular flexibility index (Phi) is 5.53. The molecule has 20 heavy (non-hydrogen) atoms. The van der Waals surface area contributed by atoms with Crippen molar-refractivity contribution < 1.29 is 19.5 Å². The van der Waals surface area contributed by atoms with Crippen LogP contribution in [-0.2, 0) is 14.4 Å². The summed E-state index contributed by atoms with van der Waals surface area (Å²) in [6, 6.07) is -0.490. The summed E-state index contributed by atoms with van der Waals surface area (Å²) in [6.45, 7) is 6.14. The van der Waals surface area contributed by atoms with Gasteiger partial charge in [-0.25, -0.2) is 0 Å². The largest absolute Gasteiger partial charge is 0.481 e. The molecule has 1 N–H and O–H groups in total. The van der Waals surface area contributed by atoms with Gasteiger partial charge in [0.25, 0.3) is 0 Å². The average Bonchev–Trinajstić information content (AvgIpc) is 2.75. The number of rotatable bonds is 6. The number of hydrogen-bond acceptors (Lipinski definition) is 3. The normalized spacial score (nSPS) is 18.2. The Balaban J connectivity index is 2.78. The Labute approximate surface area is 119 Å². The molecule has 1 aliphatic heterocycles. The number of carbonyl (C=O) groups is 3. The summed E-state index contributed by atoms with van der Waals surface area (Å²) in [5.41, 5.74) is 0. The standard InChI is InChI=1S/C14H24N2O4/c1-9(2)12(16-7-5-6-11(16)17)13(18)15(4)8-10(3)14(19)20/h9-10,12H,5-8H2,1-4H3,(H,19,20). The molecule has 6 heteroatoms. The van der Waals surface area contributed by atoms with Gasteiger partial charge in [-0.3, -0.25) is 14.4 Å². The first-order valence-electron chi connectivity index (χ1n) is 7.03. The van der Waals surface area contributed by atoms with Crippen LogP contribution in [0, 0.1) is 11.8 Å². The van der Waals surface area contributed by atoms with E-state index in [9.17, 15) is 14.4 Å². The third-order valence-corrected chi connectivity index (χ3v) is 3.68. The lowest BCUT2D eigenvalue weighted by molar-refractivity contribution is -0.147. The SMILES string of the molecule is CC(CN(C)C(=O)C(C(C)C)N1CCCC1=O)C(=O)O. The quantitative estimate of drug-likeness (QED) is 0.783. The van der Waals surface area contributed by atoms with E-state index in [-0.39, 0.29) is 24.3 Å². The molecule has 1 fully saturated rings. The number of aliphatic carboxylic acids is 1. The number of likely N-dealkylation sites (N-methyl/N-ethyl adjacent to an activating group) is 1. The van der Waals surface area contributed by atoms with Crippen LogP contribution in [0.2, 0.25) is 0 Å². The zero-order valence-electron chi connectivity index (χ0n) is 12.6. The number of carboxylic acid groups (broad SMARTS) is 1. The second kappa shape index (κ2) is 6.72. The van der Waals surface area contributed by atoms with E-state index in [0.717, 1.165) is 6.42 Å². The highest BCUT2D eigenvalue weighted by molar-refractivity contribution is 5.89. The van der Waals surface area contributed by atoms with Crippen molar-refractivity contribution in [3.8, 4) is 0 Å². The molecule has 114 valence electrons. The second-order valence-electron chi connectivity index (χ2n) is 5.84. The molecular formula is C14H24N2O4. The summed E-state index contributed by atoms with van der Waals surface area (Å²) < 4.78 is 0. The molecule has 0 bridgehead atoms. The lowest BCUT2D eigenvalue weighted by Crippen LogP contribution is -2.51. The van der Waals surface area contributed by atoms with Crippen molar-refractivity contribution in [1.82, 2.24) is 9.80 Å². The fourth-order valence-corrected chi connectivity index (χ4v) is 2.55. The number of carbonyl (C=O) groups excluding carboxylic acids is 2. The molecule has 0 aromatic heterocycles. The van der Waals surface area contributed by atoms with Gasteiger partial charge in [-0.1, -0.05) is 20.8 Å².